The Morgan fingerprint density at radius 1 is 1.19 bits per heavy atom. The lowest BCUT2D eigenvalue weighted by atomic mass is 10.2. The van der Waals surface area contributed by atoms with Crippen molar-refractivity contribution in [3.05, 3.63) is 29.8 Å². The van der Waals surface area contributed by atoms with Crippen LogP contribution in [0, 0.1) is 11.6 Å². The molecule has 21 heavy (non-hydrogen) atoms. The normalized spacial score (nSPS) is 11.7. The molecule has 1 unspecified atom stereocenters. The van der Waals surface area contributed by atoms with E-state index in [1.165, 1.54) is 6.07 Å². The number of rotatable bonds is 7. The summed E-state index contributed by atoms with van der Waals surface area (Å²) in [6.45, 7) is 0. The predicted molar refractivity (Wildman–Crippen MR) is 68.9 cm³/mol. The van der Waals surface area contributed by atoms with Crippen LogP contribution in [-0.4, -0.2) is 39.9 Å². The summed E-state index contributed by atoms with van der Waals surface area (Å²) >= 11 is 0.865. The van der Waals surface area contributed by atoms with Gasteiger partial charge in [-0.3, -0.25) is 9.59 Å². The molecule has 0 fully saturated rings. The first-order valence-corrected chi connectivity index (χ1v) is 6.60. The Bertz CT molecular complexity index is 567. The van der Waals surface area contributed by atoms with Gasteiger partial charge in [-0.1, -0.05) is 0 Å². The summed E-state index contributed by atoms with van der Waals surface area (Å²) in [6.07, 6.45) is -0.753. The Balaban J connectivity index is 2.54. The average molecular weight is 319 g/mol. The summed E-state index contributed by atoms with van der Waals surface area (Å²) in [5.74, 6) is -5.89. The molecule has 0 aliphatic rings. The van der Waals surface area contributed by atoms with Crippen molar-refractivity contribution in [2.45, 2.75) is 17.4 Å². The zero-order chi connectivity index (χ0) is 16.0. The first-order valence-electron chi connectivity index (χ1n) is 5.61. The van der Waals surface area contributed by atoms with Gasteiger partial charge in [0.1, 0.15) is 6.04 Å². The van der Waals surface area contributed by atoms with E-state index in [1.54, 1.807) is 0 Å². The van der Waals surface area contributed by atoms with Crippen LogP contribution >= 0.6 is 11.8 Å². The van der Waals surface area contributed by atoms with Gasteiger partial charge in [0.05, 0.1) is 12.2 Å². The maximum Gasteiger partial charge on any atom is 0.326 e. The first kappa shape index (κ1) is 16.9. The average Bonchev–Trinajstić information content (AvgIpc) is 2.38. The Kier molecular flexibility index (Phi) is 6.10. The van der Waals surface area contributed by atoms with E-state index in [0.29, 0.717) is 0 Å². The van der Waals surface area contributed by atoms with Crippen LogP contribution in [0.5, 0.6) is 0 Å². The van der Waals surface area contributed by atoms with Crippen molar-refractivity contribution in [3.8, 4) is 0 Å². The summed E-state index contributed by atoms with van der Waals surface area (Å²) < 4.78 is 25.6. The molecule has 0 radical (unpaired) electrons. The van der Waals surface area contributed by atoms with Gasteiger partial charge in [-0.2, -0.15) is 0 Å². The Hall–Kier alpha value is -2.16. The Morgan fingerprint density at radius 2 is 1.86 bits per heavy atom. The number of hydrogen-bond acceptors (Lipinski definition) is 4. The van der Waals surface area contributed by atoms with Gasteiger partial charge in [-0.25, -0.2) is 13.6 Å². The van der Waals surface area contributed by atoms with Gasteiger partial charge in [0.15, 0.2) is 11.6 Å². The van der Waals surface area contributed by atoms with Gasteiger partial charge in [-0.15, -0.1) is 11.8 Å². The number of halogens is 2. The fourth-order valence-corrected chi connectivity index (χ4v) is 2.06. The molecular weight excluding hydrogens is 308 g/mol. The zero-order valence-corrected chi connectivity index (χ0v) is 11.3. The van der Waals surface area contributed by atoms with Crippen molar-refractivity contribution in [3.63, 3.8) is 0 Å². The Morgan fingerprint density at radius 3 is 2.38 bits per heavy atom. The monoisotopic (exact) mass is 319 g/mol. The number of hydrogen-bond donors (Lipinski definition) is 3. The topological polar surface area (TPSA) is 104 Å². The molecule has 0 aliphatic carbocycles. The van der Waals surface area contributed by atoms with Crippen molar-refractivity contribution in [1.29, 1.82) is 0 Å². The van der Waals surface area contributed by atoms with Gasteiger partial charge < -0.3 is 15.5 Å². The molecule has 0 bridgehead atoms. The van der Waals surface area contributed by atoms with Crippen LogP contribution in [0.1, 0.15) is 6.42 Å². The molecular formula is C12H11F2NO5S. The number of nitrogens with one attached hydrogen (secondary N) is 1. The highest BCUT2D eigenvalue weighted by atomic mass is 32.2. The molecule has 3 N–H and O–H groups in total. The van der Waals surface area contributed by atoms with Gasteiger partial charge >= 0.3 is 11.9 Å². The lowest BCUT2D eigenvalue weighted by Gasteiger charge is -2.12. The molecule has 1 rings (SSSR count). The highest BCUT2D eigenvalue weighted by Crippen LogP contribution is 2.20. The smallest absolute Gasteiger partial charge is 0.326 e. The summed E-state index contributed by atoms with van der Waals surface area (Å²) in [5.41, 5.74) is 0. The zero-order valence-electron chi connectivity index (χ0n) is 10.5. The number of thioether (sulfide) groups is 1. The summed E-state index contributed by atoms with van der Waals surface area (Å²) in [6, 6.07) is 1.53. The first-order chi connectivity index (χ1) is 9.79. The largest absolute Gasteiger partial charge is 0.481 e. The molecule has 1 amide bonds. The minimum atomic E-state index is -1.54. The summed E-state index contributed by atoms with van der Waals surface area (Å²) in [5, 5.41) is 19.3. The fourth-order valence-electron chi connectivity index (χ4n) is 1.33. The molecule has 0 spiro atoms. The van der Waals surface area contributed by atoms with E-state index in [0.717, 1.165) is 23.9 Å². The van der Waals surface area contributed by atoms with E-state index >= 15 is 0 Å². The molecule has 1 atom stereocenters. The van der Waals surface area contributed by atoms with E-state index in [-0.39, 0.29) is 10.6 Å². The second-order valence-electron chi connectivity index (χ2n) is 3.92. The van der Waals surface area contributed by atoms with Crippen molar-refractivity contribution in [1.82, 2.24) is 5.32 Å². The fraction of sp³-hybridized carbons (Fsp3) is 0.250. The third kappa shape index (κ3) is 5.78. The second kappa shape index (κ2) is 7.58. The van der Waals surface area contributed by atoms with Crippen molar-refractivity contribution < 1.29 is 33.4 Å². The molecule has 0 saturated carbocycles. The standard InChI is InChI=1S/C12H11F2NO5S/c13-7-2-1-6(3-8(7)14)21-5-10(16)15-9(12(19)20)4-11(17)18/h1-3,9H,4-5H2,(H,15,16)(H,17,18)(H,19,20). The van der Waals surface area contributed by atoms with Gasteiger partial charge in [0.25, 0.3) is 0 Å². The van der Waals surface area contributed by atoms with E-state index < -0.39 is 41.9 Å². The van der Waals surface area contributed by atoms with Gasteiger partial charge in [0, 0.05) is 4.90 Å². The van der Waals surface area contributed by atoms with E-state index in [9.17, 15) is 23.2 Å². The second-order valence-corrected chi connectivity index (χ2v) is 4.97. The maximum absolute atomic E-state index is 12.9. The summed E-state index contributed by atoms with van der Waals surface area (Å²) in [7, 11) is 0. The summed E-state index contributed by atoms with van der Waals surface area (Å²) in [4.78, 5) is 33.0. The number of benzene rings is 1. The van der Waals surface area contributed by atoms with Gasteiger partial charge in [0.2, 0.25) is 5.91 Å². The van der Waals surface area contributed by atoms with Crippen molar-refractivity contribution in [2.75, 3.05) is 5.75 Å². The maximum atomic E-state index is 12.9. The molecule has 0 aliphatic heterocycles. The Labute approximate surface area is 122 Å². The predicted octanol–water partition coefficient (Wildman–Crippen LogP) is 1.10. The molecule has 1 aromatic rings. The van der Waals surface area contributed by atoms with Crippen LogP contribution in [0.25, 0.3) is 0 Å². The van der Waals surface area contributed by atoms with Crippen LogP contribution < -0.4 is 5.32 Å². The van der Waals surface area contributed by atoms with Crippen LogP contribution in [0.3, 0.4) is 0 Å². The molecule has 6 nitrogen and oxygen atoms in total. The van der Waals surface area contributed by atoms with Gasteiger partial charge in [-0.05, 0) is 18.2 Å². The number of carbonyl (C=O) groups is 3. The third-order valence-corrected chi connectivity index (χ3v) is 3.27. The van der Waals surface area contributed by atoms with Crippen molar-refractivity contribution >= 4 is 29.6 Å². The highest BCUT2D eigenvalue weighted by Gasteiger charge is 2.22. The van der Waals surface area contributed by atoms with E-state index in [2.05, 4.69) is 0 Å². The number of carbonyl (C=O) groups excluding carboxylic acids is 1. The van der Waals surface area contributed by atoms with Crippen molar-refractivity contribution in [2.24, 2.45) is 0 Å². The molecule has 0 heterocycles. The van der Waals surface area contributed by atoms with Crippen LogP contribution in [0.15, 0.2) is 23.1 Å². The molecule has 0 aromatic heterocycles. The molecule has 9 heteroatoms. The van der Waals surface area contributed by atoms with Crippen LogP contribution in [0.2, 0.25) is 0 Å². The minimum Gasteiger partial charge on any atom is -0.481 e. The number of carboxylic acid groups (broad SMARTS) is 2. The molecule has 1 aromatic carbocycles. The van der Waals surface area contributed by atoms with E-state index in [1.807, 2.05) is 5.32 Å². The quantitative estimate of drug-likeness (QED) is 0.650. The molecule has 114 valence electrons. The minimum absolute atomic E-state index is 0.255. The molecule has 0 saturated heterocycles. The highest BCUT2D eigenvalue weighted by molar-refractivity contribution is 8.00. The van der Waals surface area contributed by atoms with Crippen LogP contribution in [0.4, 0.5) is 8.78 Å². The number of aliphatic carboxylic acids is 2. The third-order valence-electron chi connectivity index (χ3n) is 2.27. The lowest BCUT2D eigenvalue weighted by Crippen LogP contribution is -2.43. The van der Waals surface area contributed by atoms with Crippen LogP contribution in [-0.2, 0) is 14.4 Å². The lowest BCUT2D eigenvalue weighted by molar-refractivity contribution is -0.147. The SMILES string of the molecule is O=C(O)CC(NC(=O)CSc1ccc(F)c(F)c1)C(=O)O. The number of carboxylic acids is 2. The number of amides is 1. The van der Waals surface area contributed by atoms with E-state index in [4.69, 9.17) is 10.2 Å².